The van der Waals surface area contributed by atoms with Gasteiger partial charge in [0.1, 0.15) is 0 Å². The summed E-state index contributed by atoms with van der Waals surface area (Å²) in [6, 6.07) is 0. The van der Waals surface area contributed by atoms with Crippen molar-refractivity contribution in [3.05, 3.63) is 0 Å². The van der Waals surface area contributed by atoms with E-state index in [1.807, 2.05) is 0 Å². The van der Waals surface area contributed by atoms with Crippen LogP contribution in [0, 0.1) is 0 Å². The van der Waals surface area contributed by atoms with Gasteiger partial charge in [-0.05, 0) is 0 Å². The number of aliphatic hydroxyl groups excluding tert-OH is 1. The zero-order chi connectivity index (χ0) is 6.99. The summed E-state index contributed by atoms with van der Waals surface area (Å²) in [5.74, 6) is -1.44. The second-order valence-corrected chi connectivity index (χ2v) is 0.933. The molecule has 0 aromatic heterocycles. The molecular weight excluding hydrogens is 200 g/mol. The van der Waals surface area contributed by atoms with Crippen molar-refractivity contribution in [2.45, 2.75) is 0 Å². The molecule has 0 radical (unpaired) electrons. The topological polar surface area (TPSA) is 94.5 Å². The van der Waals surface area contributed by atoms with Crippen LogP contribution < -0.4 is 5.11 Å². The maximum absolute atomic E-state index is 9.01. The number of carboxylic acid groups (broad SMARTS) is 1. The summed E-state index contributed by atoms with van der Waals surface area (Å²) >= 11 is -2.03. The second-order valence-electron chi connectivity index (χ2n) is 0.598. The van der Waals surface area contributed by atoms with Crippen LogP contribution in [0.5, 0.6) is 0 Å². The predicted molar refractivity (Wildman–Crippen MR) is 13.5 cm³/mol. The van der Waals surface area contributed by atoms with E-state index in [2.05, 4.69) is 0 Å². The Hall–Kier alpha value is -0.282. The Balaban J connectivity index is 0. The summed E-state index contributed by atoms with van der Waals surface area (Å²) in [7, 11) is 0. The molecule has 0 saturated carbocycles. The van der Waals surface area contributed by atoms with Crippen molar-refractivity contribution in [1.82, 2.24) is 0 Å². The van der Waals surface area contributed by atoms with E-state index in [0.29, 0.717) is 0 Å². The molecule has 0 aliphatic rings. The first-order valence-corrected chi connectivity index (χ1v) is 3.05. The third kappa shape index (κ3) is 43.1. The zero-order valence-corrected chi connectivity index (χ0v) is 5.70. The van der Waals surface area contributed by atoms with Gasteiger partial charge in [0.25, 0.3) is 0 Å². The van der Waals surface area contributed by atoms with E-state index in [-0.39, 0.29) is 0 Å². The number of aliphatic carboxylic acids is 1. The van der Waals surface area contributed by atoms with Gasteiger partial charge in [-0.1, -0.05) is 0 Å². The Morgan fingerprint density at radius 1 is 1.62 bits per heavy atom. The Morgan fingerprint density at radius 2 is 1.75 bits per heavy atom. The molecule has 5 nitrogen and oxygen atoms in total. The molecule has 6 heteroatoms. The minimum atomic E-state index is -2.03. The quantitative estimate of drug-likeness (QED) is 0.475. The minimum absolute atomic E-state index is 0.889. The van der Waals surface area contributed by atoms with Gasteiger partial charge in [0.15, 0.2) is 0 Å². The summed E-state index contributed by atoms with van der Waals surface area (Å²) in [6.07, 6.45) is 0. The van der Waals surface area contributed by atoms with Crippen molar-refractivity contribution >= 4 is 5.97 Å². The molecule has 0 amide bonds. The first kappa shape index (κ1) is 10.7. The monoisotopic (exact) mass is 205 g/mol. The fourth-order valence-corrected chi connectivity index (χ4v) is 0. The van der Waals surface area contributed by atoms with Gasteiger partial charge < -0.3 is 15.0 Å². The van der Waals surface area contributed by atoms with Crippen LogP contribution in [0.4, 0.5) is 0 Å². The summed E-state index contributed by atoms with van der Waals surface area (Å²) in [4.78, 5) is 9.01. The number of aliphatic hydroxyl groups is 1. The second kappa shape index (κ2) is 9.87. The Kier molecular flexibility index (Phi) is 13.1. The van der Waals surface area contributed by atoms with Gasteiger partial charge >= 0.3 is 25.3 Å². The number of carbonyl (C=O) groups excluding carboxylic acids is 1. The molecule has 1 N–H and O–H groups in total. The van der Waals surface area contributed by atoms with Crippen molar-refractivity contribution < 1.29 is 40.3 Å². The predicted octanol–water partition coefficient (Wildman–Crippen LogP) is -2.51. The Morgan fingerprint density at radius 3 is 1.75 bits per heavy atom. The fourth-order valence-electron chi connectivity index (χ4n) is 0. The van der Waals surface area contributed by atoms with Crippen LogP contribution in [-0.2, 0) is 30.1 Å². The third-order valence-corrected chi connectivity index (χ3v) is 0.129. The van der Waals surface area contributed by atoms with E-state index in [1.165, 1.54) is 0 Å². The van der Waals surface area contributed by atoms with Gasteiger partial charge in [0, 0.05) is 0 Å². The van der Waals surface area contributed by atoms with Gasteiger partial charge in [0.2, 0.25) is 0 Å². The van der Waals surface area contributed by atoms with Crippen LogP contribution in [0.25, 0.3) is 0 Å². The van der Waals surface area contributed by atoms with E-state index in [0.717, 1.165) is 0 Å². The number of hydrogen-bond acceptors (Lipinski definition) is 5. The van der Waals surface area contributed by atoms with Crippen molar-refractivity contribution in [3.8, 4) is 0 Å². The van der Waals surface area contributed by atoms with Crippen molar-refractivity contribution in [3.63, 3.8) is 0 Å². The first-order chi connectivity index (χ1) is 3.68. The molecule has 0 spiro atoms. The van der Waals surface area contributed by atoms with Gasteiger partial charge in [-0.15, -0.1) is 0 Å². The van der Waals surface area contributed by atoms with Gasteiger partial charge in [-0.2, -0.15) is 0 Å². The SMILES string of the molecule is O=C([O-])CO.[O]=[Mo+]=[O]. The molecule has 0 aliphatic carbocycles. The van der Waals surface area contributed by atoms with Crippen LogP contribution in [0.1, 0.15) is 0 Å². The van der Waals surface area contributed by atoms with Crippen molar-refractivity contribution in [2.75, 3.05) is 6.61 Å². The van der Waals surface area contributed by atoms with Gasteiger partial charge in [-0.25, -0.2) is 0 Å². The summed E-state index contributed by atoms with van der Waals surface area (Å²) in [6.45, 7) is -0.889. The van der Waals surface area contributed by atoms with E-state index in [4.69, 9.17) is 21.8 Å². The number of carboxylic acids is 1. The van der Waals surface area contributed by atoms with Crippen LogP contribution in [-0.4, -0.2) is 17.7 Å². The van der Waals surface area contributed by atoms with E-state index in [9.17, 15) is 0 Å². The Labute approximate surface area is 53.5 Å². The Bertz CT molecular complexity index is 92.6. The van der Waals surface area contributed by atoms with Crippen LogP contribution >= 0.6 is 0 Å². The first-order valence-electron chi connectivity index (χ1n) is 1.41. The van der Waals surface area contributed by atoms with Crippen LogP contribution in [0.15, 0.2) is 0 Å². The molecular formula is C2H3MoO5. The molecule has 0 fully saturated rings. The van der Waals surface area contributed by atoms with Gasteiger partial charge in [-0.3, -0.25) is 0 Å². The third-order valence-electron chi connectivity index (χ3n) is 0.129. The summed E-state index contributed by atoms with van der Waals surface area (Å²) in [5, 5.41) is 16.5. The molecule has 0 unspecified atom stereocenters. The van der Waals surface area contributed by atoms with Crippen LogP contribution in [0.3, 0.4) is 0 Å². The molecule has 0 aromatic rings. The molecule has 8 heavy (non-hydrogen) atoms. The summed E-state index contributed by atoms with van der Waals surface area (Å²) in [5.41, 5.74) is 0. The normalized spacial score (nSPS) is 5.62. The fraction of sp³-hybridized carbons (Fsp3) is 0.500. The number of carbonyl (C=O) groups is 1. The average Bonchev–Trinajstić information content (AvgIpc) is 1.69. The molecule has 0 rings (SSSR count). The average molecular weight is 203 g/mol. The molecule has 0 heterocycles. The van der Waals surface area contributed by atoms with Crippen molar-refractivity contribution in [2.24, 2.45) is 0 Å². The molecule has 47 valence electrons. The molecule has 0 aliphatic heterocycles. The standard InChI is InChI=1S/C2H4O3.Mo.2O/c3-1-2(4)5;;;/h3H,1H2,(H,4,5);;;/q;+1;;/p-1. The van der Waals surface area contributed by atoms with E-state index < -0.39 is 31.1 Å². The van der Waals surface area contributed by atoms with Crippen LogP contribution in [0.2, 0.25) is 0 Å². The maximum atomic E-state index is 9.01. The molecule has 0 bridgehead atoms. The van der Waals surface area contributed by atoms with Gasteiger partial charge in [0.05, 0.1) is 12.6 Å². The zero-order valence-electron chi connectivity index (χ0n) is 3.70. The molecule has 0 atom stereocenters. The molecule has 0 aromatic carbocycles. The summed E-state index contributed by atoms with van der Waals surface area (Å²) < 4.78 is 17.0. The molecule has 0 saturated heterocycles. The number of rotatable bonds is 1. The van der Waals surface area contributed by atoms with E-state index >= 15 is 0 Å². The number of hydrogen-bond donors (Lipinski definition) is 1. The van der Waals surface area contributed by atoms with E-state index in [1.54, 1.807) is 0 Å². The van der Waals surface area contributed by atoms with Crippen molar-refractivity contribution in [1.29, 1.82) is 0 Å².